The summed E-state index contributed by atoms with van der Waals surface area (Å²) in [6.45, 7) is 9.59. The van der Waals surface area contributed by atoms with Gasteiger partial charge < -0.3 is 24.8 Å². The molecule has 0 saturated carbocycles. The van der Waals surface area contributed by atoms with Gasteiger partial charge in [0, 0.05) is 6.08 Å². The smallest absolute Gasteiger partial charge is 0.328 e. The number of hydrogen-bond donors (Lipinski definition) is 3. The molecular formula is C14H28O6. The van der Waals surface area contributed by atoms with E-state index in [0.717, 1.165) is 5.57 Å². The van der Waals surface area contributed by atoms with Gasteiger partial charge in [-0.3, -0.25) is 0 Å². The van der Waals surface area contributed by atoms with Gasteiger partial charge in [0.25, 0.3) is 0 Å². The highest BCUT2D eigenvalue weighted by atomic mass is 16.5. The number of carboxylic acids is 1. The summed E-state index contributed by atoms with van der Waals surface area (Å²) in [6, 6.07) is 0. The van der Waals surface area contributed by atoms with Crippen LogP contribution in [0.25, 0.3) is 0 Å². The van der Waals surface area contributed by atoms with E-state index in [1.165, 1.54) is 6.08 Å². The molecule has 0 aliphatic rings. The first-order chi connectivity index (χ1) is 9.18. The van der Waals surface area contributed by atoms with Gasteiger partial charge in [0.15, 0.2) is 0 Å². The van der Waals surface area contributed by atoms with Crippen molar-refractivity contribution in [1.29, 1.82) is 0 Å². The Labute approximate surface area is 121 Å². The molecule has 120 valence electrons. The molecule has 3 unspecified atom stereocenters. The van der Waals surface area contributed by atoms with Crippen LogP contribution in [0.1, 0.15) is 34.6 Å². The normalized spacial score (nSPS) is 14.6. The Morgan fingerprint density at radius 1 is 1.10 bits per heavy atom. The van der Waals surface area contributed by atoms with Gasteiger partial charge in [-0.25, -0.2) is 4.79 Å². The lowest BCUT2D eigenvalue weighted by molar-refractivity contribution is -0.131. The molecule has 0 aromatic rings. The predicted molar refractivity (Wildman–Crippen MR) is 76.7 cm³/mol. The molecule has 0 amide bonds. The van der Waals surface area contributed by atoms with Gasteiger partial charge in [0.2, 0.25) is 0 Å². The molecule has 20 heavy (non-hydrogen) atoms. The Hall–Kier alpha value is -0.950. The lowest BCUT2D eigenvalue weighted by atomic mass is 10.3. The minimum absolute atomic E-state index is 0.0170. The lowest BCUT2D eigenvalue weighted by Crippen LogP contribution is -2.24. The summed E-state index contributed by atoms with van der Waals surface area (Å²) in [5.74, 6) is -0.875. The maximum atomic E-state index is 9.73. The molecule has 6 nitrogen and oxygen atoms in total. The number of aliphatic carboxylic acids is 1. The highest BCUT2D eigenvalue weighted by Crippen LogP contribution is 1.97. The van der Waals surface area contributed by atoms with Gasteiger partial charge in [-0.2, -0.15) is 0 Å². The molecule has 0 bridgehead atoms. The highest BCUT2D eigenvalue weighted by Gasteiger charge is 2.06. The average Bonchev–Trinajstić information content (AvgIpc) is 2.32. The Morgan fingerprint density at radius 2 is 1.60 bits per heavy atom. The van der Waals surface area contributed by atoms with Crippen LogP contribution >= 0.6 is 0 Å². The van der Waals surface area contributed by atoms with Gasteiger partial charge >= 0.3 is 5.97 Å². The summed E-state index contributed by atoms with van der Waals surface area (Å²) in [7, 11) is 0. The first-order valence-electron chi connectivity index (χ1n) is 6.59. The van der Waals surface area contributed by atoms with E-state index in [-0.39, 0.29) is 18.8 Å². The molecule has 0 saturated heterocycles. The molecule has 0 fully saturated rings. The van der Waals surface area contributed by atoms with Crippen molar-refractivity contribution in [2.45, 2.75) is 52.9 Å². The van der Waals surface area contributed by atoms with Crippen molar-refractivity contribution in [2.24, 2.45) is 0 Å². The minimum Gasteiger partial charge on any atom is -0.478 e. The van der Waals surface area contributed by atoms with Crippen molar-refractivity contribution >= 4 is 5.97 Å². The zero-order chi connectivity index (χ0) is 16.1. The summed E-state index contributed by atoms with van der Waals surface area (Å²) in [6.07, 6.45) is 0.513. The third kappa shape index (κ3) is 19.4. The SMILES string of the molecule is CC(C)=CC(=O)O.CC(O)COC(C)COC(C)CO. The highest BCUT2D eigenvalue weighted by molar-refractivity contribution is 5.80. The quantitative estimate of drug-likeness (QED) is 0.582. The molecule has 0 aliphatic carbocycles. The molecule has 3 N–H and O–H groups in total. The fraction of sp³-hybridized carbons (Fsp3) is 0.786. The van der Waals surface area contributed by atoms with Gasteiger partial charge in [0.1, 0.15) is 0 Å². The summed E-state index contributed by atoms with van der Waals surface area (Å²) in [4.78, 5) is 9.73. The summed E-state index contributed by atoms with van der Waals surface area (Å²) >= 11 is 0. The molecule has 0 radical (unpaired) electrons. The van der Waals surface area contributed by atoms with Crippen molar-refractivity contribution in [3.8, 4) is 0 Å². The van der Waals surface area contributed by atoms with Crippen molar-refractivity contribution in [3.05, 3.63) is 11.6 Å². The molecule has 0 aliphatic heterocycles. The average molecular weight is 292 g/mol. The van der Waals surface area contributed by atoms with Crippen LogP contribution in [0.3, 0.4) is 0 Å². The summed E-state index contributed by atoms with van der Waals surface area (Å²) < 4.78 is 10.5. The summed E-state index contributed by atoms with van der Waals surface area (Å²) in [5, 5.41) is 25.6. The van der Waals surface area contributed by atoms with E-state index in [1.807, 2.05) is 6.92 Å². The minimum atomic E-state index is -0.875. The second-order valence-corrected chi connectivity index (χ2v) is 4.88. The molecule has 0 aromatic carbocycles. The molecule has 0 spiro atoms. The van der Waals surface area contributed by atoms with Gasteiger partial charge in [-0.15, -0.1) is 0 Å². The Balaban J connectivity index is 0. The van der Waals surface area contributed by atoms with Crippen LogP contribution in [0.4, 0.5) is 0 Å². The van der Waals surface area contributed by atoms with E-state index in [1.54, 1.807) is 27.7 Å². The van der Waals surface area contributed by atoms with E-state index in [4.69, 9.17) is 24.8 Å². The zero-order valence-electron chi connectivity index (χ0n) is 13.0. The Morgan fingerprint density at radius 3 is 1.90 bits per heavy atom. The topological polar surface area (TPSA) is 96.2 Å². The first kappa shape index (κ1) is 21.4. The number of carbonyl (C=O) groups is 1. The molecule has 0 aromatic heterocycles. The van der Waals surface area contributed by atoms with E-state index in [9.17, 15) is 4.79 Å². The van der Waals surface area contributed by atoms with Crippen molar-refractivity contribution in [2.75, 3.05) is 19.8 Å². The van der Waals surface area contributed by atoms with Crippen molar-refractivity contribution < 1.29 is 29.6 Å². The monoisotopic (exact) mass is 292 g/mol. The fourth-order valence-corrected chi connectivity index (χ4v) is 0.951. The van der Waals surface area contributed by atoms with E-state index in [2.05, 4.69) is 0 Å². The molecule has 6 heteroatoms. The van der Waals surface area contributed by atoms with Crippen molar-refractivity contribution in [1.82, 2.24) is 0 Å². The Bertz CT molecular complexity index is 271. The molecule has 3 atom stereocenters. The van der Waals surface area contributed by atoms with E-state index < -0.39 is 12.1 Å². The van der Waals surface area contributed by atoms with Crippen LogP contribution in [0.15, 0.2) is 11.6 Å². The van der Waals surface area contributed by atoms with Crippen LogP contribution < -0.4 is 0 Å². The number of aliphatic hydroxyl groups excluding tert-OH is 2. The predicted octanol–water partition coefficient (Wildman–Crippen LogP) is 1.21. The van der Waals surface area contributed by atoms with Crippen LogP contribution in [0.2, 0.25) is 0 Å². The number of rotatable bonds is 8. The van der Waals surface area contributed by atoms with Crippen LogP contribution in [0, 0.1) is 0 Å². The third-order valence-electron chi connectivity index (χ3n) is 1.91. The van der Waals surface area contributed by atoms with Gasteiger partial charge in [0.05, 0.1) is 38.1 Å². The standard InChI is InChI=1S/C9H20O4.C5H8O2/c1-7(11)5-12-9(3)6-13-8(2)4-10;1-4(2)3-5(6)7/h7-11H,4-6H2,1-3H3;3H,1-2H3,(H,6,7). The molecule has 0 heterocycles. The van der Waals surface area contributed by atoms with Gasteiger partial charge in [-0.05, 0) is 34.6 Å². The lowest BCUT2D eigenvalue weighted by Gasteiger charge is -2.16. The third-order valence-corrected chi connectivity index (χ3v) is 1.91. The number of allylic oxidation sites excluding steroid dienone is 1. The van der Waals surface area contributed by atoms with Crippen LogP contribution in [-0.4, -0.2) is 59.4 Å². The number of carboxylic acid groups (broad SMARTS) is 1. The Kier molecular flexibility index (Phi) is 13.9. The number of ether oxygens (including phenoxy) is 2. The maximum absolute atomic E-state index is 9.73. The zero-order valence-corrected chi connectivity index (χ0v) is 13.0. The van der Waals surface area contributed by atoms with Crippen molar-refractivity contribution in [3.63, 3.8) is 0 Å². The van der Waals surface area contributed by atoms with Crippen LogP contribution in [-0.2, 0) is 14.3 Å². The second-order valence-electron chi connectivity index (χ2n) is 4.88. The molecule has 0 rings (SSSR count). The number of hydrogen-bond acceptors (Lipinski definition) is 5. The van der Waals surface area contributed by atoms with Crippen LogP contribution in [0.5, 0.6) is 0 Å². The van der Waals surface area contributed by atoms with E-state index >= 15 is 0 Å². The van der Waals surface area contributed by atoms with Gasteiger partial charge in [-0.1, -0.05) is 5.57 Å². The first-order valence-corrected chi connectivity index (χ1v) is 6.59. The number of aliphatic hydroxyl groups is 2. The maximum Gasteiger partial charge on any atom is 0.328 e. The van der Waals surface area contributed by atoms with E-state index in [0.29, 0.717) is 13.2 Å². The second kappa shape index (κ2) is 13.1. The fourth-order valence-electron chi connectivity index (χ4n) is 0.951. The summed E-state index contributed by atoms with van der Waals surface area (Å²) in [5.41, 5.74) is 0.813. The largest absolute Gasteiger partial charge is 0.478 e. The molecular weight excluding hydrogens is 264 g/mol.